The number of nitrogens with zero attached hydrogens (tertiary/aromatic N) is 1. The summed E-state index contributed by atoms with van der Waals surface area (Å²) >= 11 is 0. The number of hydrogen-bond donors (Lipinski definition) is 2. The lowest BCUT2D eigenvalue weighted by atomic mass is 9.98. The molecule has 0 radical (unpaired) electrons. The lowest BCUT2D eigenvalue weighted by molar-refractivity contribution is -0.136. The Bertz CT molecular complexity index is 1050. The van der Waals surface area contributed by atoms with E-state index in [-0.39, 0.29) is 18.3 Å². The van der Waals surface area contributed by atoms with Crippen LogP contribution in [0.1, 0.15) is 11.6 Å². The Balaban J connectivity index is 1.70. The number of anilines is 1. The van der Waals surface area contributed by atoms with Crippen LogP contribution in [-0.2, 0) is 9.59 Å². The van der Waals surface area contributed by atoms with Gasteiger partial charge in [-0.2, -0.15) is 0 Å². The van der Waals surface area contributed by atoms with Gasteiger partial charge in [-0.1, -0.05) is 42.5 Å². The van der Waals surface area contributed by atoms with Crippen LogP contribution >= 0.6 is 0 Å². The third kappa shape index (κ3) is 4.75. The van der Waals surface area contributed by atoms with Gasteiger partial charge in [-0.15, -0.1) is 0 Å². The summed E-state index contributed by atoms with van der Waals surface area (Å²) in [6.07, 6.45) is 0. The summed E-state index contributed by atoms with van der Waals surface area (Å²) in [6, 6.07) is 16.6. The van der Waals surface area contributed by atoms with Gasteiger partial charge in [-0.05, 0) is 42.6 Å². The highest BCUT2D eigenvalue weighted by Crippen LogP contribution is 2.26. The molecule has 1 unspecified atom stereocenters. The lowest BCUT2D eigenvalue weighted by Gasteiger charge is -2.26. The van der Waals surface area contributed by atoms with E-state index >= 15 is 0 Å². The van der Waals surface area contributed by atoms with Crippen molar-refractivity contribution in [3.8, 4) is 0 Å². The zero-order valence-electron chi connectivity index (χ0n) is 16.1. The van der Waals surface area contributed by atoms with Gasteiger partial charge in [0.05, 0.1) is 6.04 Å². The molecule has 0 heterocycles. The normalized spacial score (nSPS) is 12.0. The van der Waals surface area contributed by atoms with E-state index in [1.165, 1.54) is 6.07 Å². The predicted octanol–water partition coefficient (Wildman–Crippen LogP) is 3.48. The lowest BCUT2D eigenvalue weighted by Crippen LogP contribution is -2.40. The van der Waals surface area contributed by atoms with E-state index in [1.807, 2.05) is 61.5 Å². The topological polar surface area (TPSA) is 61.4 Å². The molecule has 3 aromatic carbocycles. The van der Waals surface area contributed by atoms with Crippen LogP contribution in [0.15, 0.2) is 60.7 Å². The Kier molecular flexibility index (Phi) is 6.19. The monoisotopic (exact) mass is 397 g/mol. The summed E-state index contributed by atoms with van der Waals surface area (Å²) in [7, 11) is 3.78. The molecule has 0 fully saturated rings. The third-order valence-electron chi connectivity index (χ3n) is 4.65. The first kappa shape index (κ1) is 20.4. The number of hydrogen-bond acceptors (Lipinski definition) is 3. The second-order valence-corrected chi connectivity index (χ2v) is 6.84. The fourth-order valence-corrected chi connectivity index (χ4v) is 3.14. The van der Waals surface area contributed by atoms with Gasteiger partial charge in [0.1, 0.15) is 0 Å². The Morgan fingerprint density at radius 2 is 1.66 bits per heavy atom. The van der Waals surface area contributed by atoms with Crippen molar-refractivity contribution in [1.82, 2.24) is 10.2 Å². The molecular formula is C22H21F2N3O2. The Morgan fingerprint density at radius 3 is 2.38 bits per heavy atom. The van der Waals surface area contributed by atoms with Crippen LogP contribution in [0.25, 0.3) is 10.8 Å². The molecule has 3 rings (SSSR count). The summed E-state index contributed by atoms with van der Waals surface area (Å²) in [5.41, 5.74) is 1.02. The van der Waals surface area contributed by atoms with Gasteiger partial charge in [0.2, 0.25) is 0 Å². The maximum Gasteiger partial charge on any atom is 0.313 e. The standard InChI is InChI=1S/C22H21F2N3O2/c1-27(2)20(17-9-5-7-14-6-3-4-8-16(14)17)13-25-21(28)22(29)26-15-10-11-18(23)19(24)12-15/h3-12,20H,13H2,1-2H3,(H,25,28)(H,26,29). The minimum atomic E-state index is -1.10. The number of carbonyl (C=O) groups excluding carboxylic acids is 2. The van der Waals surface area contributed by atoms with E-state index in [9.17, 15) is 18.4 Å². The first-order valence-corrected chi connectivity index (χ1v) is 9.05. The van der Waals surface area contributed by atoms with Gasteiger partial charge in [0.25, 0.3) is 0 Å². The Hall–Kier alpha value is -3.32. The van der Waals surface area contributed by atoms with Gasteiger partial charge in [-0.25, -0.2) is 8.78 Å². The number of fused-ring (bicyclic) bond motifs is 1. The van der Waals surface area contributed by atoms with E-state index in [4.69, 9.17) is 0 Å². The second kappa shape index (κ2) is 8.79. The molecule has 150 valence electrons. The van der Waals surface area contributed by atoms with E-state index in [1.54, 1.807) is 0 Å². The maximum absolute atomic E-state index is 13.3. The average Bonchev–Trinajstić information content (AvgIpc) is 2.70. The number of amides is 2. The molecule has 7 heteroatoms. The van der Waals surface area contributed by atoms with E-state index < -0.39 is 23.4 Å². The van der Waals surface area contributed by atoms with Crippen molar-refractivity contribution < 1.29 is 18.4 Å². The molecule has 0 saturated heterocycles. The highest BCUT2D eigenvalue weighted by Gasteiger charge is 2.20. The van der Waals surface area contributed by atoms with E-state index in [0.717, 1.165) is 28.5 Å². The molecule has 2 N–H and O–H groups in total. The van der Waals surface area contributed by atoms with Crippen LogP contribution in [0.3, 0.4) is 0 Å². The van der Waals surface area contributed by atoms with Crippen molar-refractivity contribution in [2.24, 2.45) is 0 Å². The van der Waals surface area contributed by atoms with Crippen LogP contribution in [0.4, 0.5) is 14.5 Å². The molecule has 0 saturated carbocycles. The molecule has 29 heavy (non-hydrogen) atoms. The maximum atomic E-state index is 13.3. The SMILES string of the molecule is CN(C)C(CNC(=O)C(=O)Nc1ccc(F)c(F)c1)c1cccc2ccccc12. The fraction of sp³-hybridized carbons (Fsp3) is 0.182. The highest BCUT2D eigenvalue weighted by atomic mass is 19.2. The number of likely N-dealkylation sites (N-methyl/N-ethyl adjacent to an activating group) is 1. The Morgan fingerprint density at radius 1 is 0.931 bits per heavy atom. The van der Waals surface area contributed by atoms with Gasteiger partial charge < -0.3 is 15.5 Å². The highest BCUT2D eigenvalue weighted by molar-refractivity contribution is 6.39. The molecule has 3 aromatic rings. The van der Waals surface area contributed by atoms with Crippen LogP contribution in [-0.4, -0.2) is 37.4 Å². The molecule has 5 nitrogen and oxygen atoms in total. The summed E-state index contributed by atoms with van der Waals surface area (Å²) in [5, 5.41) is 7.02. The summed E-state index contributed by atoms with van der Waals surface area (Å²) < 4.78 is 26.2. The molecule has 0 spiro atoms. The molecule has 0 aliphatic heterocycles. The summed E-state index contributed by atoms with van der Waals surface area (Å²) in [6.45, 7) is 0.199. The minimum absolute atomic E-state index is 0.00210. The quantitative estimate of drug-likeness (QED) is 0.648. The van der Waals surface area contributed by atoms with Gasteiger partial charge in [0.15, 0.2) is 11.6 Å². The van der Waals surface area contributed by atoms with Crippen LogP contribution in [0.2, 0.25) is 0 Å². The second-order valence-electron chi connectivity index (χ2n) is 6.84. The molecule has 0 aromatic heterocycles. The summed E-state index contributed by atoms with van der Waals surface area (Å²) in [5.74, 6) is -3.95. The summed E-state index contributed by atoms with van der Waals surface area (Å²) in [4.78, 5) is 26.3. The molecule has 1 atom stereocenters. The van der Waals surface area contributed by atoms with Crippen LogP contribution in [0.5, 0.6) is 0 Å². The first-order chi connectivity index (χ1) is 13.9. The third-order valence-corrected chi connectivity index (χ3v) is 4.65. The van der Waals surface area contributed by atoms with E-state index in [2.05, 4.69) is 10.6 Å². The van der Waals surface area contributed by atoms with Crippen molar-refractivity contribution >= 4 is 28.3 Å². The number of benzene rings is 3. The van der Waals surface area contributed by atoms with Gasteiger partial charge >= 0.3 is 11.8 Å². The number of halogens is 2. The van der Waals surface area contributed by atoms with Crippen molar-refractivity contribution in [2.45, 2.75) is 6.04 Å². The smallest absolute Gasteiger partial charge is 0.313 e. The first-order valence-electron chi connectivity index (χ1n) is 9.05. The van der Waals surface area contributed by atoms with E-state index in [0.29, 0.717) is 0 Å². The number of rotatable bonds is 5. The van der Waals surface area contributed by atoms with Gasteiger partial charge in [0, 0.05) is 18.3 Å². The number of carbonyl (C=O) groups is 2. The van der Waals surface area contributed by atoms with Crippen molar-refractivity contribution in [3.63, 3.8) is 0 Å². The van der Waals surface area contributed by atoms with Crippen molar-refractivity contribution in [3.05, 3.63) is 77.9 Å². The zero-order chi connectivity index (χ0) is 21.0. The molecule has 2 amide bonds. The Labute approximate surface area is 167 Å². The molecule has 0 aliphatic carbocycles. The van der Waals surface area contributed by atoms with Crippen molar-refractivity contribution in [2.75, 3.05) is 26.0 Å². The molecular weight excluding hydrogens is 376 g/mol. The molecule has 0 bridgehead atoms. The largest absolute Gasteiger partial charge is 0.346 e. The minimum Gasteiger partial charge on any atom is -0.346 e. The van der Waals surface area contributed by atoms with Gasteiger partial charge in [-0.3, -0.25) is 9.59 Å². The average molecular weight is 397 g/mol. The van der Waals surface area contributed by atoms with Crippen LogP contribution in [0, 0.1) is 11.6 Å². The van der Waals surface area contributed by atoms with Crippen molar-refractivity contribution in [1.29, 1.82) is 0 Å². The fourth-order valence-electron chi connectivity index (χ4n) is 3.14. The van der Waals surface area contributed by atoms with Crippen LogP contribution < -0.4 is 10.6 Å². The molecule has 0 aliphatic rings. The predicted molar refractivity (Wildman–Crippen MR) is 108 cm³/mol. The number of nitrogens with one attached hydrogen (secondary N) is 2. The zero-order valence-corrected chi connectivity index (χ0v) is 16.1.